The minimum Gasteiger partial charge on any atom is -0.354 e. The van der Waals surface area contributed by atoms with Crippen LogP contribution in [0.15, 0.2) is 28.7 Å². The van der Waals surface area contributed by atoms with Crippen LogP contribution in [0.4, 0.5) is 0 Å². The number of hydrogen-bond donors (Lipinski definition) is 2. The van der Waals surface area contributed by atoms with Crippen LogP contribution in [0.25, 0.3) is 0 Å². The number of hydrogen-bond acceptors (Lipinski definition) is 2. The van der Waals surface area contributed by atoms with E-state index in [1.54, 1.807) is 6.07 Å². The summed E-state index contributed by atoms with van der Waals surface area (Å²) >= 11 is 3.33. The van der Waals surface area contributed by atoms with Gasteiger partial charge in [0.05, 0.1) is 5.56 Å². The van der Waals surface area contributed by atoms with Crippen molar-refractivity contribution in [3.63, 3.8) is 0 Å². The van der Waals surface area contributed by atoms with E-state index in [1.165, 1.54) is 0 Å². The van der Waals surface area contributed by atoms with Gasteiger partial charge in [-0.1, -0.05) is 12.1 Å². The van der Waals surface area contributed by atoms with Gasteiger partial charge in [-0.25, -0.2) is 0 Å². The van der Waals surface area contributed by atoms with E-state index in [0.717, 1.165) is 17.3 Å². The summed E-state index contributed by atoms with van der Waals surface area (Å²) in [6.07, 6.45) is 1.99. The van der Waals surface area contributed by atoms with Gasteiger partial charge in [0.15, 0.2) is 0 Å². The summed E-state index contributed by atoms with van der Waals surface area (Å²) < 4.78 is 0.768. The fourth-order valence-corrected chi connectivity index (χ4v) is 2.06. The zero-order chi connectivity index (χ0) is 13.0. The Bertz CT molecular complexity index is 458. The molecule has 0 bridgehead atoms. The number of amides is 2. The maximum Gasteiger partial charge on any atom is 0.252 e. The molecule has 1 aliphatic rings. The number of benzene rings is 1. The van der Waals surface area contributed by atoms with E-state index in [9.17, 15) is 9.59 Å². The second-order valence-corrected chi connectivity index (χ2v) is 5.16. The number of carbonyl (C=O) groups excluding carboxylic acids is 2. The van der Waals surface area contributed by atoms with E-state index >= 15 is 0 Å². The van der Waals surface area contributed by atoms with Crippen LogP contribution in [-0.2, 0) is 4.79 Å². The van der Waals surface area contributed by atoms with Gasteiger partial charge in [-0.2, -0.15) is 0 Å². The Kier molecular flexibility index (Phi) is 4.36. The molecule has 2 N–H and O–H groups in total. The first-order valence-corrected chi connectivity index (χ1v) is 6.78. The fourth-order valence-electron chi connectivity index (χ4n) is 1.59. The van der Waals surface area contributed by atoms with Gasteiger partial charge in [0, 0.05) is 23.5 Å². The summed E-state index contributed by atoms with van der Waals surface area (Å²) in [5.41, 5.74) is 0.603. The zero-order valence-corrected chi connectivity index (χ0v) is 11.5. The molecule has 2 amide bonds. The third kappa shape index (κ3) is 3.57. The highest BCUT2D eigenvalue weighted by Gasteiger charge is 2.28. The van der Waals surface area contributed by atoms with Crippen LogP contribution in [0, 0.1) is 5.92 Å². The van der Waals surface area contributed by atoms with Crippen molar-refractivity contribution in [1.29, 1.82) is 0 Å². The lowest BCUT2D eigenvalue weighted by molar-refractivity contribution is -0.122. The van der Waals surface area contributed by atoms with Crippen LogP contribution in [0.2, 0.25) is 0 Å². The number of rotatable bonds is 5. The van der Waals surface area contributed by atoms with Crippen molar-refractivity contribution < 1.29 is 9.59 Å². The molecule has 5 heteroatoms. The van der Waals surface area contributed by atoms with Gasteiger partial charge in [-0.05, 0) is 40.9 Å². The summed E-state index contributed by atoms with van der Waals surface area (Å²) in [6, 6.07) is 7.25. The van der Waals surface area contributed by atoms with Crippen LogP contribution >= 0.6 is 15.9 Å². The van der Waals surface area contributed by atoms with Crippen molar-refractivity contribution in [3.05, 3.63) is 34.3 Å². The van der Waals surface area contributed by atoms with Crippen molar-refractivity contribution >= 4 is 27.7 Å². The molecule has 1 aliphatic carbocycles. The minimum absolute atomic E-state index is 0.102. The fraction of sp³-hybridized carbons (Fsp3) is 0.385. The molecule has 0 aliphatic heterocycles. The van der Waals surface area contributed by atoms with Crippen LogP contribution in [0.1, 0.15) is 23.2 Å². The molecule has 96 valence electrons. The van der Waals surface area contributed by atoms with E-state index in [-0.39, 0.29) is 17.7 Å². The van der Waals surface area contributed by atoms with E-state index in [2.05, 4.69) is 26.6 Å². The van der Waals surface area contributed by atoms with E-state index in [1.807, 2.05) is 18.2 Å². The third-order valence-electron chi connectivity index (χ3n) is 2.78. The molecule has 0 unspecified atom stereocenters. The lowest BCUT2D eigenvalue weighted by Gasteiger charge is -2.07. The number of halogens is 1. The lowest BCUT2D eigenvalue weighted by atomic mass is 10.2. The highest BCUT2D eigenvalue weighted by molar-refractivity contribution is 9.10. The standard InChI is InChI=1S/C13H15BrN2O2/c14-11-4-2-1-3-10(11)13(18)16-8-7-15-12(17)9-5-6-9/h1-4,9H,5-8H2,(H,15,17)(H,16,18). The first-order valence-electron chi connectivity index (χ1n) is 5.99. The summed E-state index contributed by atoms with van der Waals surface area (Å²) in [4.78, 5) is 23.1. The topological polar surface area (TPSA) is 58.2 Å². The average Bonchev–Trinajstić information content (AvgIpc) is 3.19. The average molecular weight is 311 g/mol. The quantitative estimate of drug-likeness (QED) is 0.813. The summed E-state index contributed by atoms with van der Waals surface area (Å²) in [5.74, 6) is 0.178. The summed E-state index contributed by atoms with van der Waals surface area (Å²) in [5, 5.41) is 5.57. The van der Waals surface area contributed by atoms with Crippen molar-refractivity contribution in [1.82, 2.24) is 10.6 Å². The van der Waals surface area contributed by atoms with Crippen molar-refractivity contribution in [2.75, 3.05) is 13.1 Å². The van der Waals surface area contributed by atoms with E-state index < -0.39 is 0 Å². The molecule has 1 aromatic carbocycles. The molecule has 1 aromatic rings. The number of nitrogens with one attached hydrogen (secondary N) is 2. The maximum atomic E-state index is 11.8. The van der Waals surface area contributed by atoms with Gasteiger partial charge in [0.25, 0.3) is 5.91 Å². The van der Waals surface area contributed by atoms with Gasteiger partial charge >= 0.3 is 0 Å². The van der Waals surface area contributed by atoms with E-state index in [4.69, 9.17) is 0 Å². The second-order valence-electron chi connectivity index (χ2n) is 4.30. The molecule has 0 radical (unpaired) electrons. The smallest absolute Gasteiger partial charge is 0.252 e. The van der Waals surface area contributed by atoms with Crippen LogP contribution in [0.3, 0.4) is 0 Å². The SMILES string of the molecule is O=C(NCCNC(=O)C1CC1)c1ccccc1Br. The minimum atomic E-state index is -0.136. The van der Waals surface area contributed by atoms with Gasteiger partial charge in [0.1, 0.15) is 0 Å². The van der Waals surface area contributed by atoms with Crippen LogP contribution in [-0.4, -0.2) is 24.9 Å². The normalized spacial score (nSPS) is 14.1. The Morgan fingerprint density at radius 2 is 1.83 bits per heavy atom. The third-order valence-corrected chi connectivity index (χ3v) is 3.47. The summed E-state index contributed by atoms with van der Waals surface area (Å²) in [7, 11) is 0. The molecule has 1 fully saturated rings. The maximum absolute atomic E-state index is 11.8. The van der Waals surface area contributed by atoms with Crippen molar-refractivity contribution in [3.8, 4) is 0 Å². The van der Waals surface area contributed by atoms with Crippen LogP contribution in [0.5, 0.6) is 0 Å². The Hall–Kier alpha value is -1.36. The highest BCUT2D eigenvalue weighted by Crippen LogP contribution is 2.28. The van der Waals surface area contributed by atoms with E-state index in [0.29, 0.717) is 18.7 Å². The number of carbonyl (C=O) groups is 2. The molecule has 4 nitrogen and oxygen atoms in total. The zero-order valence-electron chi connectivity index (χ0n) is 9.91. The molecule has 1 saturated carbocycles. The van der Waals surface area contributed by atoms with Crippen molar-refractivity contribution in [2.45, 2.75) is 12.8 Å². The Morgan fingerprint density at radius 1 is 1.17 bits per heavy atom. The Morgan fingerprint density at radius 3 is 2.50 bits per heavy atom. The molecular formula is C13H15BrN2O2. The molecule has 0 saturated heterocycles. The largest absolute Gasteiger partial charge is 0.354 e. The predicted molar refractivity (Wildman–Crippen MR) is 72.2 cm³/mol. The first kappa shape index (κ1) is 13.1. The summed E-state index contributed by atoms with van der Waals surface area (Å²) in [6.45, 7) is 0.921. The van der Waals surface area contributed by atoms with Gasteiger partial charge in [-0.3, -0.25) is 9.59 Å². The molecular weight excluding hydrogens is 296 g/mol. The molecule has 0 atom stereocenters. The van der Waals surface area contributed by atoms with Crippen molar-refractivity contribution in [2.24, 2.45) is 5.92 Å². The van der Waals surface area contributed by atoms with Crippen LogP contribution < -0.4 is 10.6 Å². The molecule has 0 spiro atoms. The monoisotopic (exact) mass is 310 g/mol. The molecule has 2 rings (SSSR count). The predicted octanol–water partition coefficient (Wildman–Crippen LogP) is 1.71. The van der Waals surface area contributed by atoms with Gasteiger partial charge in [0.2, 0.25) is 5.91 Å². The van der Waals surface area contributed by atoms with Gasteiger partial charge < -0.3 is 10.6 Å². The molecule has 0 heterocycles. The highest BCUT2D eigenvalue weighted by atomic mass is 79.9. The van der Waals surface area contributed by atoms with Gasteiger partial charge in [-0.15, -0.1) is 0 Å². The first-order chi connectivity index (χ1) is 8.68. The molecule has 18 heavy (non-hydrogen) atoms. The Labute approximate surface area is 114 Å². The molecule has 0 aromatic heterocycles. The second kappa shape index (κ2) is 6.00. The lowest BCUT2D eigenvalue weighted by Crippen LogP contribution is -2.35. The Balaban J connectivity index is 1.71.